The zero-order chi connectivity index (χ0) is 22.3. The van der Waals surface area contributed by atoms with Gasteiger partial charge in [-0.2, -0.15) is 0 Å². The Morgan fingerprint density at radius 3 is 2.37 bits per heavy atom. The summed E-state index contributed by atoms with van der Waals surface area (Å²) in [5, 5.41) is 20.5. The molecule has 0 heterocycles. The van der Waals surface area contributed by atoms with Gasteiger partial charge in [0.2, 0.25) is 0 Å². The van der Waals surface area contributed by atoms with Crippen molar-refractivity contribution in [3.05, 3.63) is 71.6 Å². The van der Waals surface area contributed by atoms with E-state index in [0.717, 1.165) is 18.2 Å². The minimum absolute atomic E-state index is 0.119. The normalized spacial score (nSPS) is 12.8. The fourth-order valence-electron chi connectivity index (χ4n) is 2.61. The highest BCUT2D eigenvalue weighted by Gasteiger charge is 2.23. The summed E-state index contributed by atoms with van der Waals surface area (Å²) < 4.78 is 19.2. The Bertz CT molecular complexity index is 958. The van der Waals surface area contributed by atoms with Crippen LogP contribution in [0.25, 0.3) is 0 Å². The van der Waals surface area contributed by atoms with Crippen molar-refractivity contribution in [2.45, 2.75) is 20.0 Å². The number of halogens is 1. The Balaban J connectivity index is 2.21. The summed E-state index contributed by atoms with van der Waals surface area (Å²) in [5.41, 5.74) is 2.54. The van der Waals surface area contributed by atoms with E-state index < -0.39 is 35.6 Å². The molecule has 0 aromatic heterocycles. The number of hydrogen-bond acceptors (Lipinski definition) is 6. The van der Waals surface area contributed by atoms with Gasteiger partial charge in [-0.1, -0.05) is 19.1 Å². The Morgan fingerprint density at radius 2 is 1.80 bits per heavy atom. The Hall–Kier alpha value is -3.72. The number of nitrogens with one attached hydrogen (secondary N) is 2. The number of carbonyl (C=O) groups is 3. The fourth-order valence-corrected chi connectivity index (χ4v) is 2.61. The standard InChI is InChI=1S/C21H21FN2O6/c1-12(3-10-19(27)24-29)20(15-6-9-18(26)17(22)11-15)30-21(28)23-16-7-4-14(5-8-16)13(2)25/h3-12,20,26,29H,1-2H3,(H,23,28)(H,24,27)/b10-3+/t12-,20+/m0/s1. The number of hydrogen-bond donors (Lipinski definition) is 4. The molecule has 0 aliphatic rings. The van der Waals surface area contributed by atoms with E-state index in [4.69, 9.17) is 9.94 Å². The van der Waals surface area contributed by atoms with E-state index in [1.807, 2.05) is 0 Å². The lowest BCUT2D eigenvalue weighted by Gasteiger charge is -2.23. The molecule has 2 aromatic carbocycles. The molecule has 0 fully saturated rings. The molecule has 0 radical (unpaired) electrons. The number of benzene rings is 2. The van der Waals surface area contributed by atoms with Crippen LogP contribution < -0.4 is 10.8 Å². The predicted molar refractivity (Wildman–Crippen MR) is 106 cm³/mol. The first-order valence-electron chi connectivity index (χ1n) is 8.90. The smallest absolute Gasteiger partial charge is 0.412 e. The number of phenols is 1. The van der Waals surface area contributed by atoms with E-state index in [1.54, 1.807) is 19.1 Å². The first kappa shape index (κ1) is 22.6. The van der Waals surface area contributed by atoms with E-state index in [1.165, 1.54) is 36.7 Å². The summed E-state index contributed by atoms with van der Waals surface area (Å²) in [5.74, 6) is -2.96. The van der Waals surface area contributed by atoms with Gasteiger partial charge in [0.25, 0.3) is 5.91 Å². The van der Waals surface area contributed by atoms with Gasteiger partial charge in [-0.3, -0.25) is 20.1 Å². The molecule has 9 heteroatoms. The SMILES string of the molecule is CC(=O)c1ccc(NC(=O)O[C@@H](c2ccc(O)c(F)c2)[C@@H](C)/C=C/C(=O)NO)cc1. The number of phenolic OH excluding ortho intramolecular Hbond substituents is 1. The summed E-state index contributed by atoms with van der Waals surface area (Å²) in [6, 6.07) is 9.67. The lowest BCUT2D eigenvalue weighted by molar-refractivity contribution is -0.124. The molecule has 0 aliphatic carbocycles. The van der Waals surface area contributed by atoms with Crippen LogP contribution in [0.5, 0.6) is 5.75 Å². The second-order valence-corrected chi connectivity index (χ2v) is 6.49. The third-order valence-electron chi connectivity index (χ3n) is 4.21. The van der Waals surface area contributed by atoms with E-state index in [-0.39, 0.29) is 11.3 Å². The molecule has 0 saturated carbocycles. The van der Waals surface area contributed by atoms with Crippen LogP contribution in [0.3, 0.4) is 0 Å². The molecule has 2 rings (SSSR count). The van der Waals surface area contributed by atoms with Crippen LogP contribution in [0.1, 0.15) is 35.9 Å². The van der Waals surface area contributed by atoms with E-state index in [2.05, 4.69) is 5.32 Å². The van der Waals surface area contributed by atoms with Gasteiger partial charge in [-0.15, -0.1) is 0 Å². The van der Waals surface area contributed by atoms with Gasteiger partial charge in [0, 0.05) is 23.2 Å². The average molecular weight is 416 g/mol. The van der Waals surface area contributed by atoms with Gasteiger partial charge >= 0.3 is 6.09 Å². The molecular formula is C21H21FN2O6. The van der Waals surface area contributed by atoms with Crippen LogP contribution in [0.2, 0.25) is 0 Å². The monoisotopic (exact) mass is 416 g/mol. The van der Waals surface area contributed by atoms with Crippen LogP contribution in [-0.2, 0) is 9.53 Å². The molecule has 2 aromatic rings. The third-order valence-corrected chi connectivity index (χ3v) is 4.21. The zero-order valence-electron chi connectivity index (χ0n) is 16.3. The van der Waals surface area contributed by atoms with Crippen molar-refractivity contribution in [3.8, 4) is 5.75 Å². The highest BCUT2D eigenvalue weighted by molar-refractivity contribution is 5.95. The first-order valence-corrected chi connectivity index (χ1v) is 8.90. The first-order chi connectivity index (χ1) is 14.2. The fraction of sp³-hybridized carbons (Fsp3) is 0.190. The number of anilines is 1. The number of ether oxygens (including phenoxy) is 1. The number of amides is 2. The maximum atomic E-state index is 13.8. The third kappa shape index (κ3) is 6.14. The topological polar surface area (TPSA) is 125 Å². The quantitative estimate of drug-likeness (QED) is 0.236. The maximum absolute atomic E-state index is 13.8. The second-order valence-electron chi connectivity index (χ2n) is 6.49. The summed E-state index contributed by atoms with van der Waals surface area (Å²) in [6.45, 7) is 3.04. The van der Waals surface area contributed by atoms with Gasteiger partial charge in [0.15, 0.2) is 17.3 Å². The van der Waals surface area contributed by atoms with E-state index in [0.29, 0.717) is 11.3 Å². The minimum Gasteiger partial charge on any atom is -0.505 e. The van der Waals surface area contributed by atoms with Crippen LogP contribution >= 0.6 is 0 Å². The Labute approximate surface area is 171 Å². The summed E-state index contributed by atoms with van der Waals surface area (Å²) in [4.78, 5) is 34.9. The van der Waals surface area contributed by atoms with Gasteiger partial charge in [-0.05, 0) is 48.9 Å². The summed E-state index contributed by atoms with van der Waals surface area (Å²) >= 11 is 0. The van der Waals surface area contributed by atoms with Crippen LogP contribution in [0.15, 0.2) is 54.6 Å². The molecule has 8 nitrogen and oxygen atoms in total. The van der Waals surface area contributed by atoms with E-state index in [9.17, 15) is 23.9 Å². The van der Waals surface area contributed by atoms with Crippen molar-refractivity contribution < 1.29 is 33.8 Å². The number of Topliss-reactive ketones (excluding diaryl/α,β-unsaturated/α-hetero) is 1. The van der Waals surface area contributed by atoms with Gasteiger partial charge in [-0.25, -0.2) is 14.7 Å². The van der Waals surface area contributed by atoms with Crippen LogP contribution in [0.4, 0.5) is 14.9 Å². The van der Waals surface area contributed by atoms with Crippen LogP contribution in [-0.4, -0.2) is 28.1 Å². The van der Waals surface area contributed by atoms with Crippen LogP contribution in [0, 0.1) is 11.7 Å². The number of ketones is 1. The molecule has 0 saturated heterocycles. The van der Waals surface area contributed by atoms with Crippen molar-refractivity contribution in [3.63, 3.8) is 0 Å². The number of hydroxylamine groups is 1. The van der Waals surface area contributed by atoms with E-state index >= 15 is 0 Å². The highest BCUT2D eigenvalue weighted by atomic mass is 19.1. The zero-order valence-corrected chi connectivity index (χ0v) is 16.3. The number of rotatable bonds is 7. The molecule has 0 bridgehead atoms. The molecule has 0 aliphatic heterocycles. The minimum atomic E-state index is -1.01. The summed E-state index contributed by atoms with van der Waals surface area (Å²) in [6.07, 6.45) is 0.543. The van der Waals surface area contributed by atoms with Crippen molar-refractivity contribution in [2.75, 3.05) is 5.32 Å². The molecule has 30 heavy (non-hydrogen) atoms. The average Bonchev–Trinajstić information content (AvgIpc) is 2.72. The number of carbonyl (C=O) groups excluding carboxylic acids is 3. The summed E-state index contributed by atoms with van der Waals surface area (Å²) in [7, 11) is 0. The molecule has 0 spiro atoms. The van der Waals surface area contributed by atoms with Gasteiger partial charge in [0.1, 0.15) is 6.10 Å². The van der Waals surface area contributed by atoms with Crippen molar-refractivity contribution in [1.29, 1.82) is 0 Å². The predicted octanol–water partition coefficient (Wildman–Crippen LogP) is 3.72. The van der Waals surface area contributed by atoms with Crippen molar-refractivity contribution in [2.24, 2.45) is 5.92 Å². The Morgan fingerprint density at radius 1 is 1.13 bits per heavy atom. The van der Waals surface area contributed by atoms with Gasteiger partial charge in [0.05, 0.1) is 0 Å². The maximum Gasteiger partial charge on any atom is 0.412 e. The largest absolute Gasteiger partial charge is 0.505 e. The molecule has 2 amide bonds. The lowest BCUT2D eigenvalue weighted by Crippen LogP contribution is -2.22. The highest BCUT2D eigenvalue weighted by Crippen LogP contribution is 2.30. The van der Waals surface area contributed by atoms with Crippen molar-refractivity contribution in [1.82, 2.24) is 5.48 Å². The molecule has 2 atom stereocenters. The molecule has 4 N–H and O–H groups in total. The molecule has 158 valence electrons. The molecular weight excluding hydrogens is 395 g/mol. The van der Waals surface area contributed by atoms with Crippen molar-refractivity contribution >= 4 is 23.5 Å². The number of aromatic hydroxyl groups is 1. The van der Waals surface area contributed by atoms with Gasteiger partial charge < -0.3 is 9.84 Å². The molecule has 0 unspecified atom stereocenters. The second kappa shape index (κ2) is 10.2. The Kier molecular flexibility index (Phi) is 7.65. The lowest BCUT2D eigenvalue weighted by atomic mass is 9.96.